The third-order valence-corrected chi connectivity index (χ3v) is 4.11. The summed E-state index contributed by atoms with van der Waals surface area (Å²) >= 11 is 0. The summed E-state index contributed by atoms with van der Waals surface area (Å²) < 4.78 is 10.8. The first-order valence-corrected chi connectivity index (χ1v) is 8.20. The molecule has 1 saturated heterocycles. The van der Waals surface area contributed by atoms with E-state index in [2.05, 4.69) is 10.6 Å². The highest BCUT2D eigenvalue weighted by Crippen LogP contribution is 2.32. The average molecular weight is 351 g/mol. The Morgan fingerprint density at radius 1 is 1.40 bits per heavy atom. The largest absolute Gasteiger partial charge is 0.493 e. The molecule has 0 aliphatic carbocycles. The first-order chi connectivity index (χ1) is 12.1. The highest BCUT2D eigenvalue weighted by molar-refractivity contribution is 5.88. The van der Waals surface area contributed by atoms with Gasteiger partial charge in [-0.25, -0.2) is 0 Å². The smallest absolute Gasteiger partial charge is 0.237 e. The fourth-order valence-corrected chi connectivity index (χ4v) is 2.91. The highest BCUT2D eigenvalue weighted by atomic mass is 16.5. The Morgan fingerprint density at radius 3 is 2.88 bits per heavy atom. The maximum Gasteiger partial charge on any atom is 0.237 e. The summed E-state index contributed by atoms with van der Waals surface area (Å²) in [4.78, 5) is 26.2. The second kappa shape index (κ2) is 9.24. The molecule has 3 N–H and O–H groups in total. The second-order valence-electron chi connectivity index (χ2n) is 5.71. The molecule has 138 valence electrons. The van der Waals surface area contributed by atoms with Gasteiger partial charge in [0.15, 0.2) is 11.5 Å². The van der Waals surface area contributed by atoms with E-state index in [-0.39, 0.29) is 31.4 Å². The quantitative estimate of drug-likeness (QED) is 0.584. The number of hydrogen-bond donors (Lipinski definition) is 3. The average Bonchev–Trinajstić information content (AvgIpc) is 2.62. The van der Waals surface area contributed by atoms with E-state index >= 15 is 0 Å². The first-order valence-electron chi connectivity index (χ1n) is 8.20. The van der Waals surface area contributed by atoms with Gasteiger partial charge in [-0.05, 0) is 6.07 Å². The molecule has 1 aromatic carbocycles. The molecular formula is C17H25N3O5. The number of ether oxygens (including phenoxy) is 2. The van der Waals surface area contributed by atoms with Crippen molar-refractivity contribution in [2.45, 2.75) is 19.0 Å². The van der Waals surface area contributed by atoms with Gasteiger partial charge in [-0.3, -0.25) is 14.5 Å². The molecule has 1 heterocycles. The molecule has 1 unspecified atom stereocenters. The zero-order valence-electron chi connectivity index (χ0n) is 14.6. The molecule has 2 amide bonds. The molecule has 8 nitrogen and oxygen atoms in total. The van der Waals surface area contributed by atoms with Crippen molar-refractivity contribution in [1.29, 1.82) is 0 Å². The number of para-hydroxylation sites is 1. The summed E-state index contributed by atoms with van der Waals surface area (Å²) in [6.07, 6.45) is 0.0398. The van der Waals surface area contributed by atoms with E-state index in [1.807, 2.05) is 23.1 Å². The fraction of sp³-hybridized carbons (Fsp3) is 0.529. The van der Waals surface area contributed by atoms with Crippen LogP contribution in [-0.4, -0.2) is 68.3 Å². The van der Waals surface area contributed by atoms with Crippen LogP contribution in [0.25, 0.3) is 0 Å². The van der Waals surface area contributed by atoms with Crippen LogP contribution in [0.1, 0.15) is 12.0 Å². The van der Waals surface area contributed by atoms with Gasteiger partial charge in [0.25, 0.3) is 0 Å². The van der Waals surface area contributed by atoms with Crippen molar-refractivity contribution in [3.63, 3.8) is 0 Å². The Hall–Kier alpha value is -2.32. The lowest BCUT2D eigenvalue weighted by molar-refractivity contribution is -0.134. The van der Waals surface area contributed by atoms with Gasteiger partial charge in [-0.1, -0.05) is 12.1 Å². The number of piperazine rings is 1. The molecule has 0 saturated carbocycles. The van der Waals surface area contributed by atoms with Crippen molar-refractivity contribution in [2.75, 3.05) is 40.5 Å². The minimum Gasteiger partial charge on any atom is -0.493 e. The topological polar surface area (TPSA) is 100 Å². The predicted octanol–water partition coefficient (Wildman–Crippen LogP) is -0.497. The van der Waals surface area contributed by atoms with Crippen molar-refractivity contribution in [1.82, 2.24) is 15.5 Å². The number of aliphatic hydroxyl groups excluding tert-OH is 1. The van der Waals surface area contributed by atoms with Gasteiger partial charge in [0.05, 0.1) is 33.3 Å². The number of amides is 2. The van der Waals surface area contributed by atoms with Crippen LogP contribution in [0.15, 0.2) is 18.2 Å². The van der Waals surface area contributed by atoms with Gasteiger partial charge in [-0.15, -0.1) is 0 Å². The lowest BCUT2D eigenvalue weighted by Crippen LogP contribution is -2.56. The Kier molecular flexibility index (Phi) is 7.03. The molecule has 1 fully saturated rings. The molecule has 2 rings (SSSR count). The number of carbonyl (C=O) groups excluding carboxylic acids is 2. The number of aliphatic hydroxyl groups is 1. The third-order valence-electron chi connectivity index (χ3n) is 4.11. The van der Waals surface area contributed by atoms with E-state index in [9.17, 15) is 9.59 Å². The number of rotatable bonds is 8. The lowest BCUT2D eigenvalue weighted by atomic mass is 10.1. The zero-order valence-corrected chi connectivity index (χ0v) is 14.6. The Balaban J connectivity index is 2.15. The molecule has 0 aromatic heterocycles. The summed E-state index contributed by atoms with van der Waals surface area (Å²) in [7, 11) is 3.15. The standard InChI is InChI=1S/C17H25N3O5/c1-24-14-5-3-4-12(16(14)25-2)11-20-8-6-19-17(23)13(20)10-15(22)18-7-9-21/h3-5,13,21H,6-11H2,1-2H3,(H,18,22)(H,19,23). The summed E-state index contributed by atoms with van der Waals surface area (Å²) in [5.41, 5.74) is 0.886. The van der Waals surface area contributed by atoms with E-state index in [4.69, 9.17) is 14.6 Å². The molecule has 25 heavy (non-hydrogen) atoms. The van der Waals surface area contributed by atoms with Gasteiger partial charge < -0.3 is 25.2 Å². The number of carbonyl (C=O) groups is 2. The van der Waals surface area contributed by atoms with Gasteiger partial charge >= 0.3 is 0 Å². The molecule has 1 atom stereocenters. The molecule has 1 aliphatic rings. The predicted molar refractivity (Wildman–Crippen MR) is 91.5 cm³/mol. The first kappa shape index (κ1) is 19.0. The van der Waals surface area contributed by atoms with Crippen LogP contribution in [0.2, 0.25) is 0 Å². The number of nitrogens with one attached hydrogen (secondary N) is 2. The van der Waals surface area contributed by atoms with Crippen molar-refractivity contribution in [3.05, 3.63) is 23.8 Å². The summed E-state index contributed by atoms with van der Waals surface area (Å²) in [6.45, 7) is 1.67. The van der Waals surface area contributed by atoms with Gasteiger partial charge in [0.1, 0.15) is 0 Å². The monoisotopic (exact) mass is 351 g/mol. The van der Waals surface area contributed by atoms with Crippen molar-refractivity contribution in [3.8, 4) is 11.5 Å². The Morgan fingerprint density at radius 2 is 2.20 bits per heavy atom. The number of benzene rings is 1. The molecule has 0 bridgehead atoms. The van der Waals surface area contributed by atoms with Gasteiger partial charge in [0, 0.05) is 31.7 Å². The van der Waals surface area contributed by atoms with Crippen LogP contribution in [-0.2, 0) is 16.1 Å². The maximum atomic E-state index is 12.2. The van der Waals surface area contributed by atoms with E-state index in [0.29, 0.717) is 31.1 Å². The molecule has 8 heteroatoms. The summed E-state index contributed by atoms with van der Waals surface area (Å²) in [5, 5.41) is 14.2. The molecule has 1 aliphatic heterocycles. The maximum absolute atomic E-state index is 12.2. The number of methoxy groups -OCH3 is 2. The van der Waals surface area contributed by atoms with Crippen LogP contribution in [0.3, 0.4) is 0 Å². The molecule has 1 aromatic rings. The highest BCUT2D eigenvalue weighted by Gasteiger charge is 2.32. The molecular weight excluding hydrogens is 326 g/mol. The minimum absolute atomic E-state index is 0.0398. The number of nitrogens with zero attached hydrogens (tertiary/aromatic N) is 1. The second-order valence-corrected chi connectivity index (χ2v) is 5.71. The van der Waals surface area contributed by atoms with Crippen molar-refractivity contribution >= 4 is 11.8 Å². The lowest BCUT2D eigenvalue weighted by Gasteiger charge is -2.35. The molecule has 0 radical (unpaired) electrons. The van der Waals surface area contributed by atoms with Gasteiger partial charge in [0.2, 0.25) is 11.8 Å². The van der Waals surface area contributed by atoms with Crippen LogP contribution in [0.4, 0.5) is 0 Å². The minimum atomic E-state index is -0.566. The fourth-order valence-electron chi connectivity index (χ4n) is 2.91. The number of hydrogen-bond acceptors (Lipinski definition) is 6. The third kappa shape index (κ3) is 4.83. The Labute approximate surface area is 147 Å². The van der Waals surface area contributed by atoms with E-state index in [0.717, 1.165) is 5.56 Å². The SMILES string of the molecule is COc1cccc(CN2CCNC(=O)C2CC(=O)NCCO)c1OC. The summed E-state index contributed by atoms with van der Waals surface area (Å²) in [5.74, 6) is 0.809. The van der Waals surface area contributed by atoms with E-state index < -0.39 is 6.04 Å². The Bertz CT molecular complexity index is 608. The van der Waals surface area contributed by atoms with Crippen molar-refractivity contribution < 1.29 is 24.2 Å². The van der Waals surface area contributed by atoms with Crippen molar-refractivity contribution in [2.24, 2.45) is 0 Å². The van der Waals surface area contributed by atoms with Crippen LogP contribution < -0.4 is 20.1 Å². The van der Waals surface area contributed by atoms with Crippen LogP contribution in [0, 0.1) is 0 Å². The van der Waals surface area contributed by atoms with Crippen LogP contribution >= 0.6 is 0 Å². The molecule has 0 spiro atoms. The zero-order chi connectivity index (χ0) is 18.2. The normalized spacial score (nSPS) is 17.7. The van der Waals surface area contributed by atoms with E-state index in [1.165, 1.54) is 0 Å². The summed E-state index contributed by atoms with van der Waals surface area (Å²) in [6, 6.07) is 5.02. The van der Waals surface area contributed by atoms with Gasteiger partial charge in [-0.2, -0.15) is 0 Å². The van der Waals surface area contributed by atoms with E-state index in [1.54, 1.807) is 14.2 Å². The van der Waals surface area contributed by atoms with Crippen LogP contribution in [0.5, 0.6) is 11.5 Å².